The molecular weight excluding hydrogens is 559 g/mol. The lowest BCUT2D eigenvalue weighted by molar-refractivity contribution is -0.137. The molecule has 1 heterocycles. The van der Waals surface area contributed by atoms with Gasteiger partial charge in [0.15, 0.2) is 5.16 Å². The number of aromatic nitrogens is 2. The predicted molar refractivity (Wildman–Crippen MR) is 142 cm³/mol. The number of imidazole rings is 1. The summed E-state index contributed by atoms with van der Waals surface area (Å²) in [5.74, 6) is -0.951. The molecule has 1 N–H and O–H groups in total. The summed E-state index contributed by atoms with van der Waals surface area (Å²) in [4.78, 5) is 17.0. The minimum Gasteiger partial charge on any atom is -0.325 e. The zero-order chi connectivity index (χ0) is 27.1. The number of halogens is 4. The number of thioether (sulfide) groups is 1. The lowest BCUT2D eigenvalue weighted by atomic mass is 10.1. The van der Waals surface area contributed by atoms with Crippen LogP contribution in [-0.4, -0.2) is 29.0 Å². The van der Waals surface area contributed by atoms with Crippen molar-refractivity contribution in [2.24, 2.45) is 0 Å². The molecule has 1 aromatic heterocycles. The monoisotopic (exact) mass is 575 g/mol. The molecule has 12 heteroatoms. The van der Waals surface area contributed by atoms with Crippen molar-refractivity contribution >= 4 is 66.8 Å². The highest BCUT2D eigenvalue weighted by molar-refractivity contribution is 8.00. The molecule has 1 amide bonds. The van der Waals surface area contributed by atoms with Gasteiger partial charge in [-0.1, -0.05) is 65.8 Å². The van der Waals surface area contributed by atoms with E-state index in [1.165, 1.54) is 12.1 Å². The number of benzene rings is 4. The molecule has 6 nitrogen and oxygen atoms in total. The average Bonchev–Trinajstić information content (AvgIpc) is 3.27. The largest absolute Gasteiger partial charge is 0.417 e. The number of amides is 1. The SMILES string of the molecule is O=C(CSc1nc2ccccc2n1S(=O)(=O)c1ccc2ccccc2c1)Nc1ccc(Cl)c(C(F)(F)F)c1. The molecule has 194 valence electrons. The number of nitrogens with zero attached hydrogens (tertiary/aromatic N) is 2. The summed E-state index contributed by atoms with van der Waals surface area (Å²) in [5.41, 5.74) is -0.430. The maximum absolute atomic E-state index is 13.8. The lowest BCUT2D eigenvalue weighted by Gasteiger charge is -2.12. The fourth-order valence-electron chi connectivity index (χ4n) is 3.89. The normalized spacial score (nSPS) is 12.2. The topological polar surface area (TPSA) is 81.1 Å². The van der Waals surface area contributed by atoms with Crippen LogP contribution in [0, 0.1) is 0 Å². The third-order valence-corrected chi connectivity index (χ3v) is 8.72. The molecule has 0 radical (unpaired) electrons. The Hall–Kier alpha value is -3.54. The molecule has 4 aromatic carbocycles. The number of fused-ring (bicyclic) bond motifs is 2. The van der Waals surface area contributed by atoms with Gasteiger partial charge in [-0.3, -0.25) is 4.79 Å². The van der Waals surface area contributed by atoms with E-state index in [1.54, 1.807) is 42.5 Å². The molecule has 5 rings (SSSR count). The summed E-state index contributed by atoms with van der Waals surface area (Å²) in [7, 11) is -4.12. The molecule has 0 aliphatic carbocycles. The zero-order valence-corrected chi connectivity index (χ0v) is 21.6. The van der Waals surface area contributed by atoms with Crippen molar-refractivity contribution in [3.8, 4) is 0 Å². The Morgan fingerprint density at radius 2 is 1.66 bits per heavy atom. The summed E-state index contributed by atoms with van der Waals surface area (Å²) >= 11 is 6.49. The van der Waals surface area contributed by atoms with Crippen LogP contribution in [0.3, 0.4) is 0 Å². The van der Waals surface area contributed by atoms with Gasteiger partial charge in [0, 0.05) is 5.69 Å². The van der Waals surface area contributed by atoms with Crippen LogP contribution < -0.4 is 5.32 Å². The Morgan fingerprint density at radius 3 is 2.42 bits per heavy atom. The Kier molecular flexibility index (Phi) is 6.84. The number of rotatable bonds is 6. The average molecular weight is 576 g/mol. The van der Waals surface area contributed by atoms with Crippen LogP contribution in [0.15, 0.2) is 95.0 Å². The van der Waals surface area contributed by atoms with E-state index < -0.39 is 32.7 Å². The highest BCUT2D eigenvalue weighted by Gasteiger charge is 2.33. The first-order valence-electron chi connectivity index (χ1n) is 11.1. The van der Waals surface area contributed by atoms with E-state index in [-0.39, 0.29) is 21.5 Å². The van der Waals surface area contributed by atoms with Crippen molar-refractivity contribution in [2.45, 2.75) is 16.2 Å². The van der Waals surface area contributed by atoms with E-state index in [4.69, 9.17) is 11.6 Å². The third kappa shape index (κ3) is 5.09. The van der Waals surface area contributed by atoms with E-state index in [1.807, 2.05) is 18.2 Å². The van der Waals surface area contributed by atoms with Crippen LogP contribution in [0.4, 0.5) is 18.9 Å². The van der Waals surface area contributed by atoms with Crippen molar-refractivity contribution in [1.29, 1.82) is 0 Å². The number of hydrogen-bond donors (Lipinski definition) is 1. The van der Waals surface area contributed by atoms with Crippen LogP contribution in [0.25, 0.3) is 21.8 Å². The molecule has 0 bridgehead atoms. The van der Waals surface area contributed by atoms with Gasteiger partial charge in [0.05, 0.1) is 32.3 Å². The van der Waals surface area contributed by atoms with E-state index >= 15 is 0 Å². The molecule has 0 aliphatic rings. The molecule has 38 heavy (non-hydrogen) atoms. The smallest absolute Gasteiger partial charge is 0.325 e. The van der Waals surface area contributed by atoms with Gasteiger partial charge in [-0.2, -0.15) is 13.2 Å². The minimum atomic E-state index is -4.69. The summed E-state index contributed by atoms with van der Waals surface area (Å²) in [5, 5.41) is 3.57. The fourth-order valence-corrected chi connectivity index (χ4v) is 6.66. The van der Waals surface area contributed by atoms with Crippen LogP contribution in [-0.2, 0) is 21.0 Å². The van der Waals surface area contributed by atoms with E-state index in [9.17, 15) is 26.4 Å². The maximum Gasteiger partial charge on any atom is 0.417 e. The standard InChI is InChI=1S/C26H17ClF3N3O3S2/c27-21-12-10-18(14-20(21)26(28,29)30)31-24(34)15-37-25-32-22-7-3-4-8-23(22)33(25)38(35,36)19-11-9-16-5-1-2-6-17(16)13-19/h1-14H,15H2,(H,31,34). The Balaban J connectivity index is 1.45. The Labute approximate surface area is 224 Å². The fraction of sp³-hybridized carbons (Fsp3) is 0.0769. The summed E-state index contributed by atoms with van der Waals surface area (Å²) < 4.78 is 68.1. The molecule has 0 saturated carbocycles. The van der Waals surface area contributed by atoms with Gasteiger partial charge in [-0.25, -0.2) is 17.4 Å². The molecule has 0 atom stereocenters. The second-order valence-electron chi connectivity index (χ2n) is 8.19. The number of anilines is 1. The summed E-state index contributed by atoms with van der Waals surface area (Å²) in [6, 6.07) is 21.8. The van der Waals surface area contributed by atoms with Gasteiger partial charge in [-0.15, -0.1) is 0 Å². The van der Waals surface area contributed by atoms with Crippen molar-refractivity contribution in [3.63, 3.8) is 0 Å². The summed E-state index contributed by atoms with van der Waals surface area (Å²) in [6.07, 6.45) is -4.69. The molecule has 0 fully saturated rings. The maximum atomic E-state index is 13.8. The third-order valence-electron chi connectivity index (χ3n) is 5.64. The van der Waals surface area contributed by atoms with Gasteiger partial charge in [0.2, 0.25) is 5.91 Å². The van der Waals surface area contributed by atoms with Gasteiger partial charge in [0.25, 0.3) is 10.0 Å². The number of para-hydroxylation sites is 2. The zero-order valence-electron chi connectivity index (χ0n) is 19.2. The highest BCUT2D eigenvalue weighted by atomic mass is 35.5. The number of carbonyl (C=O) groups excluding carboxylic acids is 1. The molecule has 0 saturated heterocycles. The van der Waals surface area contributed by atoms with E-state index in [0.717, 1.165) is 38.6 Å². The van der Waals surface area contributed by atoms with Gasteiger partial charge in [0.1, 0.15) is 0 Å². The first-order chi connectivity index (χ1) is 18.0. The lowest BCUT2D eigenvalue weighted by Crippen LogP contribution is -2.17. The van der Waals surface area contributed by atoms with Gasteiger partial charge >= 0.3 is 6.18 Å². The number of carbonyl (C=O) groups is 1. The van der Waals surface area contributed by atoms with Crippen molar-refractivity contribution in [1.82, 2.24) is 8.96 Å². The van der Waals surface area contributed by atoms with E-state index in [0.29, 0.717) is 11.0 Å². The van der Waals surface area contributed by atoms with E-state index in [2.05, 4.69) is 10.3 Å². The first kappa shape index (κ1) is 26.1. The Morgan fingerprint density at radius 1 is 0.947 bits per heavy atom. The number of nitrogens with one attached hydrogen (secondary N) is 1. The molecule has 0 unspecified atom stereocenters. The second kappa shape index (κ2) is 9.97. The van der Waals surface area contributed by atoms with Crippen molar-refractivity contribution in [3.05, 3.63) is 95.5 Å². The van der Waals surface area contributed by atoms with Crippen LogP contribution >= 0.6 is 23.4 Å². The molecule has 0 spiro atoms. The number of alkyl halides is 3. The van der Waals surface area contributed by atoms with Gasteiger partial charge < -0.3 is 5.32 Å². The van der Waals surface area contributed by atoms with Crippen LogP contribution in [0.1, 0.15) is 5.56 Å². The second-order valence-corrected chi connectivity index (χ2v) is 11.3. The Bertz CT molecular complexity index is 1800. The minimum absolute atomic E-state index is 0.0431. The number of hydrogen-bond acceptors (Lipinski definition) is 5. The molecule has 5 aromatic rings. The predicted octanol–water partition coefficient (Wildman–Crippen LogP) is 6.83. The van der Waals surface area contributed by atoms with Crippen LogP contribution in [0.2, 0.25) is 5.02 Å². The first-order valence-corrected chi connectivity index (χ1v) is 13.9. The van der Waals surface area contributed by atoms with Crippen molar-refractivity contribution in [2.75, 3.05) is 11.1 Å². The van der Waals surface area contributed by atoms with Crippen LogP contribution in [0.5, 0.6) is 0 Å². The quantitative estimate of drug-likeness (QED) is 0.224. The molecule has 0 aliphatic heterocycles. The van der Waals surface area contributed by atoms with Crippen molar-refractivity contribution < 1.29 is 26.4 Å². The summed E-state index contributed by atoms with van der Waals surface area (Å²) in [6.45, 7) is 0. The highest BCUT2D eigenvalue weighted by Crippen LogP contribution is 2.36. The van der Waals surface area contributed by atoms with Gasteiger partial charge in [-0.05, 0) is 53.2 Å². The molecular formula is C26H17ClF3N3O3S2.